The van der Waals surface area contributed by atoms with Crippen molar-refractivity contribution >= 4 is 23.1 Å². The number of rotatable bonds is 4. The summed E-state index contributed by atoms with van der Waals surface area (Å²) in [5.74, 6) is 2.05. The number of halogens is 1. The largest absolute Gasteiger partial charge is 0.488 e. The van der Waals surface area contributed by atoms with Crippen LogP contribution in [0, 0.1) is 0 Å². The van der Waals surface area contributed by atoms with E-state index in [9.17, 15) is 0 Å². The van der Waals surface area contributed by atoms with Crippen LogP contribution in [0.25, 0.3) is 5.82 Å². The van der Waals surface area contributed by atoms with Crippen LogP contribution in [0.15, 0.2) is 49.1 Å². The lowest BCUT2D eigenvalue weighted by molar-refractivity contribution is 0.225. The predicted molar refractivity (Wildman–Crippen MR) is 96.3 cm³/mol. The molecule has 1 fully saturated rings. The summed E-state index contributed by atoms with van der Waals surface area (Å²) in [4.78, 5) is 10.7. The first kappa shape index (κ1) is 15.7. The summed E-state index contributed by atoms with van der Waals surface area (Å²) in [5.41, 5.74) is 6.80. The van der Waals surface area contributed by atoms with Crippen LogP contribution in [0.5, 0.6) is 5.75 Å². The number of nitrogens with zero attached hydrogens (tertiary/aromatic N) is 5. The fourth-order valence-corrected chi connectivity index (χ4v) is 3.14. The molecule has 1 saturated heterocycles. The molecule has 8 heteroatoms. The summed E-state index contributed by atoms with van der Waals surface area (Å²) in [6, 6.07) is 9.26. The van der Waals surface area contributed by atoms with E-state index < -0.39 is 0 Å². The second-order valence-corrected chi connectivity index (χ2v) is 6.25. The van der Waals surface area contributed by atoms with Crippen LogP contribution < -0.4 is 15.4 Å². The van der Waals surface area contributed by atoms with Crippen LogP contribution in [0.3, 0.4) is 0 Å². The van der Waals surface area contributed by atoms with Gasteiger partial charge in [-0.2, -0.15) is 5.10 Å². The van der Waals surface area contributed by atoms with Gasteiger partial charge in [0.1, 0.15) is 23.9 Å². The van der Waals surface area contributed by atoms with E-state index in [1.807, 2.05) is 30.3 Å². The third-order valence-electron chi connectivity index (χ3n) is 4.11. The maximum atomic E-state index is 6.29. The number of nitrogen functional groups attached to an aromatic ring is 1. The topological polar surface area (TPSA) is 82.1 Å². The number of aromatic nitrogens is 4. The van der Waals surface area contributed by atoms with Gasteiger partial charge in [0.15, 0.2) is 11.6 Å². The highest BCUT2D eigenvalue weighted by atomic mass is 35.5. The molecule has 128 valence electrons. The fraction of sp³-hybridized carbons (Fsp3) is 0.235. The van der Waals surface area contributed by atoms with Crippen LogP contribution in [-0.4, -0.2) is 38.9 Å². The molecule has 25 heavy (non-hydrogen) atoms. The first-order valence-corrected chi connectivity index (χ1v) is 8.36. The quantitative estimate of drug-likeness (QED) is 0.773. The van der Waals surface area contributed by atoms with E-state index in [2.05, 4.69) is 20.0 Å². The third kappa shape index (κ3) is 3.23. The second-order valence-electron chi connectivity index (χ2n) is 5.82. The number of hydrogen-bond donors (Lipinski definition) is 1. The van der Waals surface area contributed by atoms with Crippen LogP contribution >= 0.6 is 11.6 Å². The molecule has 4 rings (SSSR count). The molecular formula is C17H17ClN6O. The Labute approximate surface area is 150 Å². The number of ether oxygens (including phenoxy) is 1. The van der Waals surface area contributed by atoms with Crippen molar-refractivity contribution in [1.82, 2.24) is 19.7 Å². The smallest absolute Gasteiger partial charge is 0.181 e. The molecule has 1 atom stereocenters. The van der Waals surface area contributed by atoms with Crippen molar-refractivity contribution in [3.05, 3.63) is 54.1 Å². The molecule has 3 heterocycles. The van der Waals surface area contributed by atoms with E-state index in [-0.39, 0.29) is 6.10 Å². The van der Waals surface area contributed by atoms with Crippen molar-refractivity contribution in [1.29, 1.82) is 0 Å². The highest BCUT2D eigenvalue weighted by Crippen LogP contribution is 2.29. The molecule has 1 aliphatic rings. The highest BCUT2D eigenvalue weighted by molar-refractivity contribution is 6.30. The number of anilines is 2. The summed E-state index contributed by atoms with van der Waals surface area (Å²) < 4.78 is 7.66. The standard InChI is InChI=1S/C17H17ClN6O/c18-12-3-1-4-13(9-12)25-14-5-8-23(10-14)16-15(19)17(21-11-20-16)24-7-2-6-22-24/h1-4,6-7,9,11,14H,5,8,10,19H2. The molecule has 1 aromatic carbocycles. The van der Waals surface area contributed by atoms with Gasteiger partial charge in [-0.05, 0) is 24.3 Å². The zero-order chi connectivity index (χ0) is 17.2. The summed E-state index contributed by atoms with van der Waals surface area (Å²) in [6.07, 6.45) is 5.94. The average Bonchev–Trinajstić information content (AvgIpc) is 3.27. The molecule has 0 saturated carbocycles. The summed E-state index contributed by atoms with van der Waals surface area (Å²) in [5, 5.41) is 4.85. The van der Waals surface area contributed by atoms with E-state index in [4.69, 9.17) is 22.1 Å². The van der Waals surface area contributed by atoms with Crippen molar-refractivity contribution in [2.24, 2.45) is 0 Å². The van der Waals surface area contributed by atoms with Gasteiger partial charge >= 0.3 is 0 Å². The first-order valence-electron chi connectivity index (χ1n) is 7.98. The van der Waals surface area contributed by atoms with Crippen molar-refractivity contribution in [2.45, 2.75) is 12.5 Å². The predicted octanol–water partition coefficient (Wildman–Crippen LogP) is 2.56. The van der Waals surface area contributed by atoms with E-state index in [0.717, 1.165) is 18.7 Å². The molecule has 7 nitrogen and oxygen atoms in total. The summed E-state index contributed by atoms with van der Waals surface area (Å²) >= 11 is 6.01. The molecule has 2 aromatic heterocycles. The first-order chi connectivity index (χ1) is 12.2. The van der Waals surface area contributed by atoms with Crippen LogP contribution in [0.1, 0.15) is 6.42 Å². The van der Waals surface area contributed by atoms with Gasteiger partial charge in [-0.15, -0.1) is 0 Å². The Bertz CT molecular complexity index is 869. The van der Waals surface area contributed by atoms with Gasteiger partial charge < -0.3 is 15.4 Å². The Morgan fingerprint density at radius 2 is 2.08 bits per heavy atom. The Morgan fingerprint density at radius 3 is 2.88 bits per heavy atom. The van der Waals surface area contributed by atoms with Gasteiger partial charge in [0.2, 0.25) is 0 Å². The Hall–Kier alpha value is -2.80. The normalized spacial score (nSPS) is 17.0. The lowest BCUT2D eigenvalue weighted by Gasteiger charge is -2.20. The summed E-state index contributed by atoms with van der Waals surface area (Å²) in [6.45, 7) is 1.51. The maximum absolute atomic E-state index is 6.29. The van der Waals surface area contributed by atoms with Crippen LogP contribution in [0.4, 0.5) is 11.5 Å². The van der Waals surface area contributed by atoms with E-state index in [1.54, 1.807) is 17.1 Å². The molecule has 0 spiro atoms. The molecule has 0 amide bonds. The lowest BCUT2D eigenvalue weighted by Crippen LogP contribution is -2.26. The van der Waals surface area contributed by atoms with Crippen molar-refractivity contribution < 1.29 is 4.74 Å². The van der Waals surface area contributed by atoms with Gasteiger partial charge in [-0.25, -0.2) is 14.6 Å². The maximum Gasteiger partial charge on any atom is 0.181 e. The molecule has 3 aromatic rings. The summed E-state index contributed by atoms with van der Waals surface area (Å²) in [7, 11) is 0. The SMILES string of the molecule is Nc1c(N2CCC(Oc3cccc(Cl)c3)C2)ncnc1-n1cccn1. The monoisotopic (exact) mass is 356 g/mol. The van der Waals surface area contributed by atoms with Gasteiger partial charge in [-0.1, -0.05) is 17.7 Å². The van der Waals surface area contributed by atoms with E-state index in [1.165, 1.54) is 6.33 Å². The highest BCUT2D eigenvalue weighted by Gasteiger charge is 2.27. The van der Waals surface area contributed by atoms with Crippen LogP contribution in [0.2, 0.25) is 5.02 Å². The van der Waals surface area contributed by atoms with Crippen LogP contribution in [-0.2, 0) is 0 Å². The zero-order valence-corrected chi connectivity index (χ0v) is 14.2. The van der Waals surface area contributed by atoms with Crippen molar-refractivity contribution in [2.75, 3.05) is 23.7 Å². The number of hydrogen-bond acceptors (Lipinski definition) is 6. The molecule has 1 aliphatic heterocycles. The van der Waals surface area contributed by atoms with Crippen molar-refractivity contribution in [3.8, 4) is 11.6 Å². The average molecular weight is 357 g/mol. The van der Waals surface area contributed by atoms with Gasteiger partial charge in [0.05, 0.1) is 6.54 Å². The molecule has 2 N–H and O–H groups in total. The Kier molecular flexibility index (Phi) is 4.15. The lowest BCUT2D eigenvalue weighted by atomic mass is 10.3. The van der Waals surface area contributed by atoms with Gasteiger partial charge in [-0.3, -0.25) is 0 Å². The zero-order valence-electron chi connectivity index (χ0n) is 13.4. The number of benzene rings is 1. The van der Waals surface area contributed by atoms with E-state index in [0.29, 0.717) is 28.9 Å². The van der Waals surface area contributed by atoms with E-state index >= 15 is 0 Å². The minimum absolute atomic E-state index is 0.0565. The van der Waals surface area contributed by atoms with Crippen molar-refractivity contribution in [3.63, 3.8) is 0 Å². The van der Waals surface area contributed by atoms with Gasteiger partial charge in [0, 0.05) is 30.4 Å². The third-order valence-corrected chi connectivity index (χ3v) is 4.34. The minimum atomic E-state index is 0.0565. The molecule has 1 unspecified atom stereocenters. The minimum Gasteiger partial charge on any atom is -0.488 e. The second kappa shape index (κ2) is 6.60. The Morgan fingerprint density at radius 1 is 1.20 bits per heavy atom. The number of nitrogens with two attached hydrogens (primary N) is 1. The van der Waals surface area contributed by atoms with Gasteiger partial charge in [0.25, 0.3) is 0 Å². The molecule has 0 bridgehead atoms. The molecule has 0 aliphatic carbocycles. The molecule has 0 radical (unpaired) electrons. The Balaban J connectivity index is 1.51. The molecular weight excluding hydrogens is 340 g/mol. The fourth-order valence-electron chi connectivity index (χ4n) is 2.96.